The van der Waals surface area contributed by atoms with Crippen LogP contribution < -0.4 is 4.74 Å². The van der Waals surface area contributed by atoms with Crippen molar-refractivity contribution >= 4 is 11.7 Å². The van der Waals surface area contributed by atoms with Crippen molar-refractivity contribution in [3.63, 3.8) is 0 Å². The Labute approximate surface area is 114 Å². The Morgan fingerprint density at radius 1 is 1.37 bits per heavy atom. The van der Waals surface area contributed by atoms with Gasteiger partial charge in [-0.1, -0.05) is 19.1 Å². The summed E-state index contributed by atoms with van der Waals surface area (Å²) in [6.45, 7) is 5.52. The number of likely N-dealkylation sites (N-methyl/N-ethyl adjacent to an activating group) is 1. The molecule has 1 unspecified atom stereocenters. The van der Waals surface area contributed by atoms with E-state index in [-0.39, 0.29) is 24.3 Å². The van der Waals surface area contributed by atoms with E-state index < -0.39 is 0 Å². The summed E-state index contributed by atoms with van der Waals surface area (Å²) in [5.74, 6) is 0.453. The Kier molecular flexibility index (Phi) is 5.55. The van der Waals surface area contributed by atoms with E-state index in [0.717, 1.165) is 6.42 Å². The number of hydrogen-bond acceptors (Lipinski definition) is 3. The van der Waals surface area contributed by atoms with Crippen LogP contribution in [0.15, 0.2) is 24.3 Å². The molecule has 0 aliphatic rings. The maximum atomic E-state index is 11.9. The number of ether oxygens (including phenoxy) is 1. The lowest BCUT2D eigenvalue weighted by molar-refractivity contribution is -0.133. The molecule has 0 saturated heterocycles. The van der Waals surface area contributed by atoms with Gasteiger partial charge in [0.05, 0.1) is 0 Å². The minimum atomic E-state index is -0.0671. The van der Waals surface area contributed by atoms with Gasteiger partial charge < -0.3 is 9.64 Å². The highest BCUT2D eigenvalue weighted by Crippen LogP contribution is 2.14. The second-order valence-electron chi connectivity index (χ2n) is 4.63. The van der Waals surface area contributed by atoms with E-state index in [0.29, 0.717) is 11.3 Å². The van der Waals surface area contributed by atoms with E-state index in [9.17, 15) is 9.59 Å². The molecule has 4 heteroatoms. The van der Waals surface area contributed by atoms with Gasteiger partial charge in [-0.25, -0.2) is 0 Å². The van der Waals surface area contributed by atoms with Gasteiger partial charge in [0.15, 0.2) is 12.4 Å². The molecule has 1 amide bonds. The minimum Gasteiger partial charge on any atom is -0.484 e. The third kappa shape index (κ3) is 4.39. The average molecular weight is 263 g/mol. The number of Topliss-reactive ketones (excluding diaryl/α,β-unsaturated/α-hetero) is 1. The van der Waals surface area contributed by atoms with Crippen LogP contribution in [-0.4, -0.2) is 36.3 Å². The number of carbonyl (C=O) groups excluding carboxylic acids is 2. The summed E-state index contributed by atoms with van der Waals surface area (Å²) in [4.78, 5) is 24.8. The van der Waals surface area contributed by atoms with Crippen LogP contribution in [0.4, 0.5) is 0 Å². The van der Waals surface area contributed by atoms with Gasteiger partial charge in [-0.05, 0) is 32.4 Å². The molecule has 1 aromatic rings. The van der Waals surface area contributed by atoms with Gasteiger partial charge in [0.25, 0.3) is 5.91 Å². The Morgan fingerprint density at radius 2 is 2.05 bits per heavy atom. The second-order valence-corrected chi connectivity index (χ2v) is 4.63. The number of nitrogens with zero attached hydrogens (tertiary/aromatic N) is 1. The molecule has 104 valence electrons. The quantitative estimate of drug-likeness (QED) is 0.741. The second kappa shape index (κ2) is 6.92. The van der Waals surface area contributed by atoms with Crippen molar-refractivity contribution in [1.29, 1.82) is 0 Å². The van der Waals surface area contributed by atoms with E-state index in [1.54, 1.807) is 36.2 Å². The molecule has 0 heterocycles. The van der Waals surface area contributed by atoms with Crippen LogP contribution in [0.5, 0.6) is 5.75 Å². The molecule has 0 N–H and O–H groups in total. The molecular formula is C15H21NO3. The van der Waals surface area contributed by atoms with Crippen LogP contribution in [0, 0.1) is 0 Å². The normalized spacial score (nSPS) is 11.8. The molecular weight excluding hydrogens is 242 g/mol. The summed E-state index contributed by atoms with van der Waals surface area (Å²) in [6.07, 6.45) is 0.905. The largest absolute Gasteiger partial charge is 0.484 e. The minimum absolute atomic E-state index is 0.0117. The Morgan fingerprint density at radius 3 is 2.63 bits per heavy atom. The summed E-state index contributed by atoms with van der Waals surface area (Å²) >= 11 is 0. The molecule has 1 rings (SSSR count). The van der Waals surface area contributed by atoms with E-state index in [1.165, 1.54) is 6.92 Å². The van der Waals surface area contributed by atoms with E-state index in [1.807, 2.05) is 13.8 Å². The first-order valence-corrected chi connectivity index (χ1v) is 6.45. The molecule has 0 spiro atoms. The molecule has 0 fully saturated rings. The lowest BCUT2D eigenvalue weighted by Gasteiger charge is -2.23. The number of benzene rings is 1. The fourth-order valence-corrected chi connectivity index (χ4v) is 1.57. The summed E-state index contributed by atoms with van der Waals surface area (Å²) < 4.78 is 5.43. The van der Waals surface area contributed by atoms with Gasteiger partial charge in [-0.15, -0.1) is 0 Å². The SMILES string of the molecule is CCC(C)N(C)C(=O)COc1cccc(C(C)=O)c1. The number of ketones is 1. The highest BCUT2D eigenvalue weighted by Gasteiger charge is 2.14. The van der Waals surface area contributed by atoms with Crippen LogP contribution >= 0.6 is 0 Å². The van der Waals surface area contributed by atoms with Crippen molar-refractivity contribution in [2.45, 2.75) is 33.2 Å². The molecule has 1 aromatic carbocycles. The van der Waals surface area contributed by atoms with E-state index in [4.69, 9.17) is 4.74 Å². The van der Waals surface area contributed by atoms with E-state index in [2.05, 4.69) is 0 Å². The van der Waals surface area contributed by atoms with Gasteiger partial charge in [-0.3, -0.25) is 9.59 Å². The predicted molar refractivity (Wildman–Crippen MR) is 74.5 cm³/mol. The van der Waals surface area contributed by atoms with Crippen LogP contribution in [0.1, 0.15) is 37.6 Å². The summed E-state index contributed by atoms with van der Waals surface area (Å²) in [6, 6.07) is 7.05. The summed E-state index contributed by atoms with van der Waals surface area (Å²) in [7, 11) is 1.77. The number of amides is 1. The topological polar surface area (TPSA) is 46.6 Å². The molecule has 0 aromatic heterocycles. The number of carbonyl (C=O) groups is 2. The number of hydrogen-bond donors (Lipinski definition) is 0. The summed E-state index contributed by atoms with van der Waals surface area (Å²) in [5.41, 5.74) is 0.584. The van der Waals surface area contributed by atoms with Crippen molar-refractivity contribution in [1.82, 2.24) is 4.90 Å². The third-order valence-electron chi connectivity index (χ3n) is 3.25. The van der Waals surface area contributed by atoms with Gasteiger partial charge in [-0.2, -0.15) is 0 Å². The van der Waals surface area contributed by atoms with Gasteiger partial charge in [0.1, 0.15) is 5.75 Å². The van der Waals surface area contributed by atoms with Gasteiger partial charge >= 0.3 is 0 Å². The zero-order valence-electron chi connectivity index (χ0n) is 12.0. The average Bonchev–Trinajstić information content (AvgIpc) is 2.43. The van der Waals surface area contributed by atoms with Crippen molar-refractivity contribution in [2.75, 3.05) is 13.7 Å². The van der Waals surface area contributed by atoms with Crippen LogP contribution in [0.3, 0.4) is 0 Å². The van der Waals surface area contributed by atoms with Crippen LogP contribution in [0.25, 0.3) is 0 Å². The van der Waals surface area contributed by atoms with Gasteiger partial charge in [0, 0.05) is 18.7 Å². The molecule has 0 saturated carbocycles. The first-order valence-electron chi connectivity index (χ1n) is 6.45. The zero-order valence-corrected chi connectivity index (χ0v) is 12.0. The number of rotatable bonds is 6. The lowest BCUT2D eigenvalue weighted by atomic mass is 10.1. The van der Waals surface area contributed by atoms with Crippen LogP contribution in [-0.2, 0) is 4.79 Å². The Balaban J connectivity index is 2.59. The van der Waals surface area contributed by atoms with Crippen molar-refractivity contribution < 1.29 is 14.3 Å². The molecule has 19 heavy (non-hydrogen) atoms. The highest BCUT2D eigenvalue weighted by atomic mass is 16.5. The molecule has 0 aliphatic carbocycles. The predicted octanol–water partition coefficient (Wildman–Crippen LogP) is 2.52. The highest BCUT2D eigenvalue weighted by molar-refractivity contribution is 5.94. The third-order valence-corrected chi connectivity index (χ3v) is 3.25. The Bertz CT molecular complexity index is 456. The first kappa shape index (κ1) is 15.2. The van der Waals surface area contributed by atoms with Crippen molar-refractivity contribution in [3.8, 4) is 5.75 Å². The summed E-state index contributed by atoms with van der Waals surface area (Å²) in [5, 5.41) is 0. The Hall–Kier alpha value is -1.84. The van der Waals surface area contributed by atoms with Crippen molar-refractivity contribution in [2.24, 2.45) is 0 Å². The lowest BCUT2D eigenvalue weighted by Crippen LogP contribution is -2.37. The van der Waals surface area contributed by atoms with Crippen molar-refractivity contribution in [3.05, 3.63) is 29.8 Å². The zero-order chi connectivity index (χ0) is 14.4. The smallest absolute Gasteiger partial charge is 0.260 e. The first-order chi connectivity index (χ1) is 8.95. The maximum absolute atomic E-state index is 11.9. The van der Waals surface area contributed by atoms with Gasteiger partial charge in [0.2, 0.25) is 0 Å². The molecule has 0 radical (unpaired) electrons. The fourth-order valence-electron chi connectivity index (χ4n) is 1.57. The van der Waals surface area contributed by atoms with Crippen LogP contribution in [0.2, 0.25) is 0 Å². The van der Waals surface area contributed by atoms with E-state index >= 15 is 0 Å². The molecule has 0 aliphatic heterocycles. The molecule has 1 atom stereocenters. The monoisotopic (exact) mass is 263 g/mol. The molecule has 4 nitrogen and oxygen atoms in total. The maximum Gasteiger partial charge on any atom is 0.260 e. The standard InChI is InChI=1S/C15H21NO3/c1-5-11(2)16(4)15(18)10-19-14-8-6-7-13(9-14)12(3)17/h6-9,11H,5,10H2,1-4H3. The fraction of sp³-hybridized carbons (Fsp3) is 0.467. The molecule has 0 bridgehead atoms.